The van der Waals surface area contributed by atoms with Gasteiger partial charge in [0, 0.05) is 45.7 Å². The van der Waals surface area contributed by atoms with Gasteiger partial charge in [-0.25, -0.2) is 4.98 Å². The number of hydrogen-bond acceptors (Lipinski definition) is 6. The Labute approximate surface area is 188 Å². The van der Waals surface area contributed by atoms with Gasteiger partial charge >= 0.3 is 0 Å². The largest absolute Gasteiger partial charge is 0.481 e. The number of fused-ring (bicyclic) bond motifs is 2. The number of β-amino-alcohol motifs (C(OH)–C–C–N with tert-alkyl or cyclic N) is 1. The summed E-state index contributed by atoms with van der Waals surface area (Å²) in [6, 6.07) is 18.0. The van der Waals surface area contributed by atoms with Gasteiger partial charge in [-0.1, -0.05) is 36.4 Å². The van der Waals surface area contributed by atoms with Crippen LogP contribution < -0.4 is 15.0 Å². The summed E-state index contributed by atoms with van der Waals surface area (Å²) < 4.78 is 5.75. The van der Waals surface area contributed by atoms with Gasteiger partial charge in [-0.3, -0.25) is 9.69 Å². The Morgan fingerprint density at radius 3 is 2.78 bits per heavy atom. The maximum absolute atomic E-state index is 12.3. The fourth-order valence-electron chi connectivity index (χ4n) is 3.97. The number of carbonyl (C=O) groups excluding carboxylic acids is 1. The first kappa shape index (κ1) is 22.0. The molecule has 0 radical (unpaired) electrons. The molecule has 0 unspecified atom stereocenters. The number of nitrogens with zero attached hydrogens (tertiary/aromatic N) is 3. The summed E-state index contributed by atoms with van der Waals surface area (Å²) in [5.41, 5.74) is 3.41. The molecule has 32 heavy (non-hydrogen) atoms. The van der Waals surface area contributed by atoms with E-state index in [1.165, 1.54) is 11.1 Å². The van der Waals surface area contributed by atoms with E-state index in [1.54, 1.807) is 0 Å². The molecule has 7 nitrogen and oxygen atoms in total. The third-order valence-electron chi connectivity index (χ3n) is 5.70. The Morgan fingerprint density at radius 2 is 1.97 bits per heavy atom. The second kappa shape index (κ2) is 9.97. The molecule has 1 atom stereocenters. The predicted octanol–water partition coefficient (Wildman–Crippen LogP) is 2.21. The van der Waals surface area contributed by atoms with Gasteiger partial charge in [-0.05, 0) is 35.7 Å². The molecule has 2 heterocycles. The van der Waals surface area contributed by atoms with Crippen LogP contribution >= 0.6 is 0 Å². The smallest absolute Gasteiger partial charge is 0.258 e. The molecule has 1 aliphatic rings. The fraction of sp³-hybridized carbons (Fsp3) is 0.360. The summed E-state index contributed by atoms with van der Waals surface area (Å²) in [5, 5.41) is 14.1. The van der Waals surface area contributed by atoms with E-state index in [9.17, 15) is 9.90 Å². The Hall–Kier alpha value is -3.16. The van der Waals surface area contributed by atoms with Crippen molar-refractivity contribution in [2.24, 2.45) is 0 Å². The molecule has 7 heteroatoms. The summed E-state index contributed by atoms with van der Waals surface area (Å²) in [5.74, 6) is 1.11. The minimum atomic E-state index is -0.633. The third kappa shape index (κ3) is 5.36. The molecule has 168 valence electrons. The average molecular weight is 435 g/mol. The van der Waals surface area contributed by atoms with Gasteiger partial charge in [0.05, 0.1) is 6.10 Å². The number of aliphatic hydroxyl groups excluding tert-OH is 1. The van der Waals surface area contributed by atoms with Crippen LogP contribution in [0.2, 0.25) is 0 Å². The summed E-state index contributed by atoms with van der Waals surface area (Å²) in [6.07, 6.45) is 0.351. The van der Waals surface area contributed by atoms with Crippen LogP contribution in [-0.2, 0) is 17.8 Å². The highest BCUT2D eigenvalue weighted by atomic mass is 16.5. The molecule has 0 saturated carbocycles. The highest BCUT2D eigenvalue weighted by Gasteiger charge is 2.19. The minimum absolute atomic E-state index is 0.128. The average Bonchev–Trinajstić information content (AvgIpc) is 2.81. The van der Waals surface area contributed by atoms with Crippen molar-refractivity contribution in [2.75, 3.05) is 45.2 Å². The molecule has 1 aromatic heterocycles. The molecule has 1 aliphatic heterocycles. The van der Waals surface area contributed by atoms with Crippen LogP contribution in [0.15, 0.2) is 54.6 Å². The highest BCUT2D eigenvalue weighted by molar-refractivity contribution is 5.86. The molecule has 2 aromatic carbocycles. The molecular formula is C25H30N4O3. The number of rotatable bonds is 8. The van der Waals surface area contributed by atoms with E-state index >= 15 is 0 Å². The first-order valence-electron chi connectivity index (χ1n) is 10.9. The van der Waals surface area contributed by atoms with Crippen LogP contribution in [0.1, 0.15) is 11.1 Å². The third-order valence-corrected chi connectivity index (χ3v) is 5.70. The molecule has 0 aliphatic carbocycles. The first-order chi connectivity index (χ1) is 15.5. The summed E-state index contributed by atoms with van der Waals surface area (Å²) in [4.78, 5) is 21.1. The normalized spacial score (nSPS) is 14.6. The van der Waals surface area contributed by atoms with E-state index in [0.717, 1.165) is 36.2 Å². The van der Waals surface area contributed by atoms with Gasteiger partial charge in [0.25, 0.3) is 5.91 Å². The van der Waals surface area contributed by atoms with Crippen molar-refractivity contribution in [3.8, 4) is 5.75 Å². The number of aliphatic hydroxyl groups is 1. The van der Waals surface area contributed by atoms with Crippen molar-refractivity contribution in [3.63, 3.8) is 0 Å². The van der Waals surface area contributed by atoms with Gasteiger partial charge in [0.1, 0.15) is 17.1 Å². The Balaban J connectivity index is 1.26. The van der Waals surface area contributed by atoms with Crippen LogP contribution in [0, 0.1) is 0 Å². The van der Waals surface area contributed by atoms with Gasteiger partial charge in [0.2, 0.25) is 0 Å². The quantitative estimate of drug-likeness (QED) is 0.566. The van der Waals surface area contributed by atoms with Crippen molar-refractivity contribution in [1.29, 1.82) is 0 Å². The summed E-state index contributed by atoms with van der Waals surface area (Å²) in [7, 11) is 3.86. The lowest BCUT2D eigenvalue weighted by Gasteiger charge is -2.30. The number of amides is 1. The van der Waals surface area contributed by atoms with E-state index < -0.39 is 6.10 Å². The van der Waals surface area contributed by atoms with Crippen molar-refractivity contribution in [1.82, 2.24) is 15.2 Å². The van der Waals surface area contributed by atoms with Crippen molar-refractivity contribution in [2.45, 2.75) is 19.1 Å². The topological polar surface area (TPSA) is 77.9 Å². The first-order valence-corrected chi connectivity index (χ1v) is 10.9. The van der Waals surface area contributed by atoms with E-state index in [1.807, 2.05) is 55.4 Å². The maximum Gasteiger partial charge on any atom is 0.258 e. The van der Waals surface area contributed by atoms with Crippen LogP contribution in [-0.4, -0.2) is 67.3 Å². The summed E-state index contributed by atoms with van der Waals surface area (Å²) in [6.45, 7) is 2.33. The molecule has 0 saturated heterocycles. The molecule has 0 fully saturated rings. The van der Waals surface area contributed by atoms with Crippen LogP contribution in [0.25, 0.3) is 10.9 Å². The molecule has 0 spiro atoms. The second-order valence-electron chi connectivity index (χ2n) is 8.39. The molecule has 3 aromatic rings. The second-order valence-corrected chi connectivity index (χ2v) is 8.39. The monoisotopic (exact) mass is 434 g/mol. The number of anilines is 1. The summed E-state index contributed by atoms with van der Waals surface area (Å²) >= 11 is 0. The lowest BCUT2D eigenvalue weighted by molar-refractivity contribution is -0.123. The molecule has 2 N–H and O–H groups in total. The highest BCUT2D eigenvalue weighted by Crippen LogP contribution is 2.26. The zero-order valence-electron chi connectivity index (χ0n) is 18.6. The van der Waals surface area contributed by atoms with Gasteiger partial charge in [0.15, 0.2) is 6.61 Å². The van der Waals surface area contributed by atoms with Crippen LogP contribution in [0.3, 0.4) is 0 Å². The lowest BCUT2D eigenvalue weighted by atomic mass is 10.00. The van der Waals surface area contributed by atoms with Crippen LogP contribution in [0.4, 0.5) is 5.82 Å². The zero-order valence-corrected chi connectivity index (χ0v) is 18.6. The van der Waals surface area contributed by atoms with Gasteiger partial charge < -0.3 is 20.1 Å². The van der Waals surface area contributed by atoms with Crippen molar-refractivity contribution >= 4 is 22.6 Å². The Morgan fingerprint density at radius 1 is 1.16 bits per heavy atom. The molecule has 4 rings (SSSR count). The number of hydrogen-bond donors (Lipinski definition) is 2. The van der Waals surface area contributed by atoms with Crippen molar-refractivity contribution in [3.05, 3.63) is 65.7 Å². The Bertz CT molecular complexity index is 1090. The molecule has 1 amide bonds. The van der Waals surface area contributed by atoms with Crippen LogP contribution in [0.5, 0.6) is 5.75 Å². The van der Waals surface area contributed by atoms with E-state index in [-0.39, 0.29) is 19.1 Å². The predicted molar refractivity (Wildman–Crippen MR) is 126 cm³/mol. The SMILES string of the molecule is CN(C)c1ccc2cccc(OCC(=O)NC[C@@H](O)CN3CCc4ccccc4C3)c2n1. The number of aromatic nitrogens is 1. The number of carbonyl (C=O) groups is 1. The molecule has 0 bridgehead atoms. The number of pyridine rings is 1. The van der Waals surface area contributed by atoms with E-state index in [2.05, 4.69) is 33.4 Å². The standard InChI is InChI=1S/C25H30N4O3/c1-28(2)23-11-10-19-8-5-9-22(25(19)27-23)32-17-24(31)26-14-21(30)16-29-13-12-18-6-3-4-7-20(18)15-29/h3-11,21,30H,12-17H2,1-2H3,(H,26,31)/t21-/m1/s1. The minimum Gasteiger partial charge on any atom is -0.481 e. The number of nitrogens with one attached hydrogen (secondary N) is 1. The molecular weight excluding hydrogens is 404 g/mol. The maximum atomic E-state index is 12.3. The Kier molecular flexibility index (Phi) is 6.87. The number of benzene rings is 2. The van der Waals surface area contributed by atoms with Gasteiger partial charge in [-0.2, -0.15) is 0 Å². The number of para-hydroxylation sites is 1. The fourth-order valence-corrected chi connectivity index (χ4v) is 3.97. The number of ether oxygens (including phenoxy) is 1. The zero-order chi connectivity index (χ0) is 22.5. The van der Waals surface area contributed by atoms with Gasteiger partial charge in [-0.15, -0.1) is 0 Å². The lowest BCUT2D eigenvalue weighted by Crippen LogP contribution is -2.42. The van der Waals surface area contributed by atoms with E-state index in [0.29, 0.717) is 12.3 Å². The van der Waals surface area contributed by atoms with Crippen molar-refractivity contribution < 1.29 is 14.6 Å². The van der Waals surface area contributed by atoms with E-state index in [4.69, 9.17) is 4.74 Å².